The average Bonchev–Trinajstić information content (AvgIpc) is 3.40. The van der Waals surface area contributed by atoms with Crippen LogP contribution in [0.1, 0.15) is 16.1 Å². The zero-order valence-electron chi connectivity index (χ0n) is 16.7. The van der Waals surface area contributed by atoms with Gasteiger partial charge in [-0.1, -0.05) is 6.07 Å². The number of amides is 1. The lowest BCUT2D eigenvalue weighted by Gasteiger charge is -2.09. The van der Waals surface area contributed by atoms with Crippen LogP contribution in [0.3, 0.4) is 0 Å². The number of thioether (sulfide) groups is 1. The van der Waals surface area contributed by atoms with Gasteiger partial charge in [-0.05, 0) is 54.8 Å². The fourth-order valence-electron chi connectivity index (χ4n) is 3.45. The first-order valence-corrected chi connectivity index (χ1v) is 10.8. The molecule has 1 amide bonds. The second kappa shape index (κ2) is 7.84. The summed E-state index contributed by atoms with van der Waals surface area (Å²) in [6, 6.07) is 16.4. The van der Waals surface area contributed by atoms with Crippen LogP contribution >= 0.6 is 11.8 Å². The van der Waals surface area contributed by atoms with Gasteiger partial charge in [0.1, 0.15) is 5.03 Å². The zero-order valence-corrected chi connectivity index (χ0v) is 17.5. The summed E-state index contributed by atoms with van der Waals surface area (Å²) in [6.07, 6.45) is 1.96. The molecule has 0 unspecified atom stereocenters. The van der Waals surface area contributed by atoms with E-state index in [0.29, 0.717) is 28.4 Å². The molecule has 0 radical (unpaired) electrons. The molecule has 31 heavy (non-hydrogen) atoms. The topological polar surface area (TPSA) is 104 Å². The monoisotopic (exact) mass is 433 g/mol. The van der Waals surface area contributed by atoms with Crippen LogP contribution in [-0.4, -0.2) is 33.6 Å². The number of aromatic nitrogens is 3. The maximum absolute atomic E-state index is 12.7. The van der Waals surface area contributed by atoms with Crippen molar-refractivity contribution < 1.29 is 14.3 Å². The van der Waals surface area contributed by atoms with Crippen molar-refractivity contribution in [3.63, 3.8) is 0 Å². The molecule has 1 aliphatic rings. The van der Waals surface area contributed by atoms with Crippen LogP contribution in [0, 0.1) is 0 Å². The number of anilines is 1. The molecule has 0 aliphatic carbocycles. The fraction of sp³-hybridized carbons (Fsp3) is 0.136. The second-order valence-electron chi connectivity index (χ2n) is 6.93. The number of ether oxygens (including phenoxy) is 2. The van der Waals surface area contributed by atoms with Gasteiger partial charge in [-0.25, -0.2) is 9.50 Å². The summed E-state index contributed by atoms with van der Waals surface area (Å²) in [5.74, 6) is 1.15. The van der Waals surface area contributed by atoms with Gasteiger partial charge < -0.3 is 20.5 Å². The van der Waals surface area contributed by atoms with E-state index in [1.54, 1.807) is 28.8 Å². The Labute approximate surface area is 182 Å². The van der Waals surface area contributed by atoms with Crippen molar-refractivity contribution in [2.45, 2.75) is 11.6 Å². The molecule has 0 bridgehead atoms. The third kappa shape index (κ3) is 3.64. The number of fused-ring (bicyclic) bond motifs is 2. The molecule has 1 aliphatic heterocycles. The maximum atomic E-state index is 12.7. The zero-order chi connectivity index (χ0) is 21.4. The highest BCUT2D eigenvalue weighted by Gasteiger charge is 2.20. The third-order valence-corrected chi connectivity index (χ3v) is 5.60. The normalized spacial score (nSPS) is 12.3. The second-order valence-corrected chi connectivity index (χ2v) is 7.76. The van der Waals surface area contributed by atoms with Gasteiger partial charge in [0.2, 0.25) is 6.79 Å². The predicted molar refractivity (Wildman–Crippen MR) is 118 cm³/mol. The standard InChI is InChI=1S/C22H19N5O3S/c1-31-20-8-7-19-25-21(13-5-6-17-18(10-13)30-12-29-17)16(27(19)26-20)11-24-22(28)14-3-2-4-15(23)9-14/h2-10H,11-12,23H2,1H3,(H,24,28). The van der Waals surface area contributed by atoms with Crippen molar-refractivity contribution >= 4 is 29.0 Å². The number of carbonyl (C=O) groups excluding carboxylic acids is 1. The van der Waals surface area contributed by atoms with Gasteiger partial charge >= 0.3 is 0 Å². The lowest BCUT2D eigenvalue weighted by Crippen LogP contribution is -2.24. The quantitative estimate of drug-likeness (QED) is 0.367. The smallest absolute Gasteiger partial charge is 0.251 e. The first-order valence-electron chi connectivity index (χ1n) is 9.59. The molecule has 5 rings (SSSR count). The molecule has 9 heteroatoms. The molecular weight excluding hydrogens is 414 g/mol. The minimum atomic E-state index is -0.222. The Bertz CT molecular complexity index is 1300. The molecule has 0 saturated carbocycles. The van der Waals surface area contributed by atoms with E-state index >= 15 is 0 Å². The van der Waals surface area contributed by atoms with E-state index in [2.05, 4.69) is 10.4 Å². The maximum Gasteiger partial charge on any atom is 0.251 e. The van der Waals surface area contributed by atoms with Crippen LogP contribution < -0.4 is 20.5 Å². The minimum absolute atomic E-state index is 0.200. The third-order valence-electron chi connectivity index (χ3n) is 4.97. The number of nitrogens with one attached hydrogen (secondary N) is 1. The first kappa shape index (κ1) is 19.3. The molecule has 0 fully saturated rings. The fourth-order valence-corrected chi connectivity index (χ4v) is 3.82. The summed E-state index contributed by atoms with van der Waals surface area (Å²) in [6.45, 7) is 0.440. The summed E-state index contributed by atoms with van der Waals surface area (Å²) in [5, 5.41) is 8.48. The Kier molecular flexibility index (Phi) is 4.87. The van der Waals surface area contributed by atoms with E-state index in [1.807, 2.05) is 36.6 Å². The van der Waals surface area contributed by atoms with Crippen molar-refractivity contribution in [3.8, 4) is 22.8 Å². The number of rotatable bonds is 5. The summed E-state index contributed by atoms with van der Waals surface area (Å²) in [5.41, 5.74) is 9.88. The number of nitrogens with zero attached hydrogens (tertiary/aromatic N) is 3. The van der Waals surface area contributed by atoms with E-state index in [0.717, 1.165) is 22.0 Å². The number of hydrogen-bond acceptors (Lipinski definition) is 7. The largest absolute Gasteiger partial charge is 0.454 e. The Balaban J connectivity index is 1.54. The van der Waals surface area contributed by atoms with Gasteiger partial charge in [-0.2, -0.15) is 5.10 Å². The molecule has 3 N–H and O–H groups in total. The number of imidazole rings is 1. The van der Waals surface area contributed by atoms with E-state index in [-0.39, 0.29) is 19.2 Å². The molecule has 8 nitrogen and oxygen atoms in total. The summed E-state index contributed by atoms with van der Waals surface area (Å²) >= 11 is 1.54. The van der Waals surface area contributed by atoms with Crippen molar-refractivity contribution in [1.82, 2.24) is 19.9 Å². The van der Waals surface area contributed by atoms with E-state index < -0.39 is 0 Å². The SMILES string of the molecule is CSc1ccc2nc(-c3ccc4c(c3)OCO4)c(CNC(=O)c3cccc(N)c3)n2n1. The van der Waals surface area contributed by atoms with Crippen molar-refractivity contribution in [1.29, 1.82) is 0 Å². The highest BCUT2D eigenvalue weighted by atomic mass is 32.2. The molecule has 0 atom stereocenters. The molecule has 3 heterocycles. The van der Waals surface area contributed by atoms with Crippen LogP contribution in [-0.2, 0) is 6.54 Å². The summed E-state index contributed by atoms with van der Waals surface area (Å²) in [7, 11) is 0. The van der Waals surface area contributed by atoms with Crippen molar-refractivity contribution in [2.75, 3.05) is 18.8 Å². The van der Waals surface area contributed by atoms with Crippen LogP contribution in [0.4, 0.5) is 5.69 Å². The number of nitrogen functional groups attached to an aromatic ring is 1. The average molecular weight is 433 g/mol. The number of benzene rings is 2. The Morgan fingerprint density at radius 3 is 2.87 bits per heavy atom. The lowest BCUT2D eigenvalue weighted by atomic mass is 10.1. The van der Waals surface area contributed by atoms with E-state index in [4.69, 9.17) is 20.2 Å². The Morgan fingerprint density at radius 2 is 2.03 bits per heavy atom. The van der Waals surface area contributed by atoms with E-state index in [1.165, 1.54) is 11.8 Å². The van der Waals surface area contributed by atoms with Crippen LogP contribution in [0.5, 0.6) is 11.5 Å². The molecule has 156 valence electrons. The number of nitrogens with two attached hydrogens (primary N) is 1. The molecule has 0 spiro atoms. The van der Waals surface area contributed by atoms with Gasteiger partial charge in [0.05, 0.1) is 17.9 Å². The predicted octanol–water partition coefficient (Wildman–Crippen LogP) is 3.36. The van der Waals surface area contributed by atoms with Gasteiger partial charge in [0.25, 0.3) is 5.91 Å². The van der Waals surface area contributed by atoms with Gasteiger partial charge in [-0.15, -0.1) is 11.8 Å². The number of carbonyl (C=O) groups is 1. The summed E-state index contributed by atoms with van der Waals surface area (Å²) in [4.78, 5) is 17.5. The number of hydrogen-bond donors (Lipinski definition) is 2. The van der Waals surface area contributed by atoms with Gasteiger partial charge in [-0.3, -0.25) is 4.79 Å². The van der Waals surface area contributed by atoms with Gasteiger partial charge in [0.15, 0.2) is 17.1 Å². The molecular formula is C22H19N5O3S. The molecule has 4 aromatic rings. The van der Waals surface area contributed by atoms with Crippen molar-refractivity contribution in [3.05, 3.63) is 65.9 Å². The highest BCUT2D eigenvalue weighted by Crippen LogP contribution is 2.36. The Morgan fingerprint density at radius 1 is 1.16 bits per heavy atom. The van der Waals surface area contributed by atoms with Crippen LogP contribution in [0.15, 0.2) is 59.6 Å². The van der Waals surface area contributed by atoms with Crippen LogP contribution in [0.25, 0.3) is 16.9 Å². The van der Waals surface area contributed by atoms with Crippen LogP contribution in [0.2, 0.25) is 0 Å². The summed E-state index contributed by atoms with van der Waals surface area (Å²) < 4.78 is 12.7. The molecule has 2 aromatic heterocycles. The lowest BCUT2D eigenvalue weighted by molar-refractivity contribution is 0.0950. The first-order chi connectivity index (χ1) is 15.1. The van der Waals surface area contributed by atoms with Crippen molar-refractivity contribution in [2.24, 2.45) is 0 Å². The Hall–Kier alpha value is -3.72. The molecule has 2 aromatic carbocycles. The highest BCUT2D eigenvalue weighted by molar-refractivity contribution is 7.98. The van der Waals surface area contributed by atoms with Gasteiger partial charge in [0, 0.05) is 16.8 Å². The van der Waals surface area contributed by atoms with E-state index in [9.17, 15) is 4.79 Å². The minimum Gasteiger partial charge on any atom is -0.454 e. The molecule has 0 saturated heterocycles.